The Labute approximate surface area is 119 Å². The molecule has 0 bridgehead atoms. The molecule has 0 aliphatic rings. The molecule has 0 unspecified atom stereocenters. The molecule has 0 aliphatic carbocycles. The number of nitrogens with zero attached hydrogens (tertiary/aromatic N) is 3. The lowest BCUT2D eigenvalue weighted by molar-refractivity contribution is -0.384. The van der Waals surface area contributed by atoms with Crippen LogP contribution < -0.4 is 10.1 Å². The molecular weight excluding hydrogens is 284 g/mol. The summed E-state index contributed by atoms with van der Waals surface area (Å²) in [4.78, 5) is 18.3. The molecule has 2 rings (SSSR count). The number of benzene rings is 1. The van der Waals surface area contributed by atoms with Crippen LogP contribution in [-0.4, -0.2) is 21.9 Å². The third kappa shape index (κ3) is 3.12. The fourth-order valence-corrected chi connectivity index (χ4v) is 1.72. The van der Waals surface area contributed by atoms with Gasteiger partial charge in [0.15, 0.2) is 0 Å². The molecule has 1 N–H and O–H groups in total. The number of anilines is 1. The summed E-state index contributed by atoms with van der Waals surface area (Å²) in [5, 5.41) is 13.6. The van der Waals surface area contributed by atoms with Gasteiger partial charge in [-0.3, -0.25) is 10.1 Å². The number of halogens is 1. The molecule has 0 fully saturated rings. The minimum absolute atomic E-state index is 0.0999. The van der Waals surface area contributed by atoms with Crippen molar-refractivity contribution >= 4 is 23.2 Å². The van der Waals surface area contributed by atoms with Gasteiger partial charge in [0.2, 0.25) is 11.8 Å². The molecule has 0 amide bonds. The number of nitrogens with one attached hydrogen (secondary N) is 1. The summed E-state index contributed by atoms with van der Waals surface area (Å²) in [5.74, 6) is 1.01. The maximum atomic E-state index is 10.6. The molecule has 7 nitrogen and oxygen atoms in total. The van der Waals surface area contributed by atoms with Crippen LogP contribution in [0.4, 0.5) is 11.6 Å². The summed E-state index contributed by atoms with van der Waals surface area (Å²) >= 11 is 5.95. The standard InChI is InChI=1S/C12H11ClN4O3/c1-7-5-11(16-12(14-2)15-7)20-10-4-3-8(17(18)19)6-9(10)13/h3-6H,1-2H3,(H,14,15,16). The van der Waals surface area contributed by atoms with E-state index < -0.39 is 4.92 Å². The molecule has 104 valence electrons. The van der Waals surface area contributed by atoms with E-state index in [1.165, 1.54) is 18.2 Å². The normalized spacial score (nSPS) is 10.2. The third-order valence-electron chi connectivity index (χ3n) is 2.40. The maximum Gasteiger partial charge on any atom is 0.271 e. The van der Waals surface area contributed by atoms with E-state index >= 15 is 0 Å². The molecule has 0 radical (unpaired) electrons. The number of non-ortho nitro benzene ring substituents is 1. The predicted octanol–water partition coefficient (Wildman–Crippen LogP) is 3.18. The van der Waals surface area contributed by atoms with Crippen LogP contribution in [0.25, 0.3) is 0 Å². The highest BCUT2D eigenvalue weighted by atomic mass is 35.5. The van der Waals surface area contributed by atoms with Crippen molar-refractivity contribution in [2.75, 3.05) is 12.4 Å². The van der Waals surface area contributed by atoms with Gasteiger partial charge in [-0.1, -0.05) is 11.6 Å². The van der Waals surface area contributed by atoms with E-state index in [2.05, 4.69) is 15.3 Å². The Morgan fingerprint density at radius 1 is 1.35 bits per heavy atom. The predicted molar refractivity (Wildman–Crippen MR) is 74.5 cm³/mol. The highest BCUT2D eigenvalue weighted by Crippen LogP contribution is 2.32. The smallest absolute Gasteiger partial charge is 0.271 e. The summed E-state index contributed by atoms with van der Waals surface area (Å²) in [5.41, 5.74) is 0.620. The summed E-state index contributed by atoms with van der Waals surface area (Å²) in [7, 11) is 1.69. The van der Waals surface area contributed by atoms with Gasteiger partial charge in [-0.2, -0.15) is 4.98 Å². The van der Waals surface area contributed by atoms with E-state index in [-0.39, 0.29) is 16.5 Å². The van der Waals surface area contributed by atoms with Crippen LogP contribution >= 0.6 is 11.6 Å². The lowest BCUT2D eigenvalue weighted by atomic mass is 10.3. The van der Waals surface area contributed by atoms with Crippen LogP contribution in [0.1, 0.15) is 5.69 Å². The summed E-state index contributed by atoms with van der Waals surface area (Å²) in [6.45, 7) is 1.80. The van der Waals surface area contributed by atoms with Gasteiger partial charge < -0.3 is 10.1 Å². The topological polar surface area (TPSA) is 90.2 Å². The molecular formula is C12H11ClN4O3. The summed E-state index contributed by atoms with van der Waals surface area (Å²) in [6.07, 6.45) is 0. The first-order valence-corrected chi connectivity index (χ1v) is 6.02. The van der Waals surface area contributed by atoms with E-state index in [1.807, 2.05) is 0 Å². The van der Waals surface area contributed by atoms with Gasteiger partial charge in [-0.05, 0) is 13.0 Å². The van der Waals surface area contributed by atoms with Crippen LogP contribution in [0.3, 0.4) is 0 Å². The average Bonchev–Trinajstić information content (AvgIpc) is 2.40. The van der Waals surface area contributed by atoms with E-state index in [0.717, 1.165) is 5.69 Å². The number of aromatic nitrogens is 2. The fraction of sp³-hybridized carbons (Fsp3) is 0.167. The largest absolute Gasteiger partial charge is 0.437 e. The zero-order valence-electron chi connectivity index (χ0n) is 10.8. The van der Waals surface area contributed by atoms with Crippen molar-refractivity contribution in [3.63, 3.8) is 0 Å². The number of rotatable bonds is 4. The first-order valence-electron chi connectivity index (χ1n) is 5.65. The summed E-state index contributed by atoms with van der Waals surface area (Å²) < 4.78 is 5.52. The van der Waals surface area contributed by atoms with Crippen molar-refractivity contribution in [1.29, 1.82) is 0 Å². The van der Waals surface area contributed by atoms with Crippen molar-refractivity contribution < 1.29 is 9.66 Å². The van der Waals surface area contributed by atoms with E-state index in [4.69, 9.17) is 16.3 Å². The van der Waals surface area contributed by atoms with Crippen molar-refractivity contribution in [2.45, 2.75) is 6.92 Å². The second kappa shape index (κ2) is 5.70. The quantitative estimate of drug-likeness (QED) is 0.688. The van der Waals surface area contributed by atoms with Crippen LogP contribution in [0, 0.1) is 17.0 Å². The van der Waals surface area contributed by atoms with Gasteiger partial charge in [0, 0.05) is 30.9 Å². The molecule has 0 aliphatic heterocycles. The Morgan fingerprint density at radius 2 is 2.10 bits per heavy atom. The molecule has 0 saturated heterocycles. The number of aryl methyl sites for hydroxylation is 1. The molecule has 1 aromatic heterocycles. The molecule has 1 aromatic carbocycles. The van der Waals surface area contributed by atoms with Crippen molar-refractivity contribution in [1.82, 2.24) is 9.97 Å². The second-order valence-corrected chi connectivity index (χ2v) is 4.30. The number of ether oxygens (including phenoxy) is 1. The van der Waals surface area contributed by atoms with Crippen molar-refractivity contribution in [2.24, 2.45) is 0 Å². The van der Waals surface area contributed by atoms with Gasteiger partial charge in [0.25, 0.3) is 5.69 Å². The zero-order chi connectivity index (χ0) is 14.7. The van der Waals surface area contributed by atoms with Gasteiger partial charge in [0.1, 0.15) is 5.75 Å². The molecule has 2 aromatic rings. The highest BCUT2D eigenvalue weighted by Gasteiger charge is 2.12. The minimum Gasteiger partial charge on any atom is -0.437 e. The van der Waals surface area contributed by atoms with E-state index in [1.54, 1.807) is 20.0 Å². The number of nitro groups is 1. The Balaban J connectivity index is 2.30. The number of hydrogen-bond acceptors (Lipinski definition) is 6. The second-order valence-electron chi connectivity index (χ2n) is 3.90. The number of nitro benzene ring substituents is 1. The molecule has 20 heavy (non-hydrogen) atoms. The van der Waals surface area contributed by atoms with Crippen LogP contribution in [-0.2, 0) is 0 Å². The fourth-order valence-electron chi connectivity index (χ4n) is 1.50. The Morgan fingerprint density at radius 3 is 2.70 bits per heavy atom. The third-order valence-corrected chi connectivity index (χ3v) is 2.69. The van der Waals surface area contributed by atoms with Gasteiger partial charge >= 0.3 is 0 Å². The number of hydrogen-bond donors (Lipinski definition) is 1. The Bertz CT molecular complexity index is 663. The highest BCUT2D eigenvalue weighted by molar-refractivity contribution is 6.32. The van der Waals surface area contributed by atoms with Gasteiger partial charge in [-0.15, -0.1) is 0 Å². The minimum atomic E-state index is -0.524. The molecule has 8 heteroatoms. The van der Waals surface area contributed by atoms with Crippen LogP contribution in [0.2, 0.25) is 5.02 Å². The Kier molecular flexibility index (Phi) is 3.99. The molecule has 1 heterocycles. The summed E-state index contributed by atoms with van der Waals surface area (Å²) in [6, 6.07) is 5.60. The maximum absolute atomic E-state index is 10.6. The Hall–Kier alpha value is -2.41. The molecule has 0 spiro atoms. The zero-order valence-corrected chi connectivity index (χ0v) is 11.5. The van der Waals surface area contributed by atoms with Crippen LogP contribution in [0.5, 0.6) is 11.6 Å². The SMILES string of the molecule is CNc1nc(C)cc(Oc2ccc([N+](=O)[O-])cc2Cl)n1. The van der Waals surface area contributed by atoms with Crippen molar-refractivity contribution in [3.05, 3.63) is 45.1 Å². The van der Waals surface area contributed by atoms with Crippen LogP contribution in [0.15, 0.2) is 24.3 Å². The van der Waals surface area contributed by atoms with E-state index in [9.17, 15) is 10.1 Å². The average molecular weight is 295 g/mol. The first-order chi connectivity index (χ1) is 9.49. The monoisotopic (exact) mass is 294 g/mol. The first kappa shape index (κ1) is 14.0. The lowest BCUT2D eigenvalue weighted by Crippen LogP contribution is -2.00. The van der Waals surface area contributed by atoms with E-state index in [0.29, 0.717) is 11.8 Å². The molecule has 0 saturated carbocycles. The van der Waals surface area contributed by atoms with Crippen molar-refractivity contribution in [3.8, 4) is 11.6 Å². The molecule has 0 atom stereocenters. The van der Waals surface area contributed by atoms with Gasteiger partial charge in [-0.25, -0.2) is 4.98 Å². The van der Waals surface area contributed by atoms with Gasteiger partial charge in [0.05, 0.1) is 9.95 Å². The lowest BCUT2D eigenvalue weighted by Gasteiger charge is -2.08.